The van der Waals surface area contributed by atoms with Crippen LogP contribution >= 0.6 is 0 Å². The molecule has 0 aromatic heterocycles. The van der Waals surface area contributed by atoms with E-state index in [1.165, 1.54) is 0 Å². The molecule has 0 rings (SSSR count). The summed E-state index contributed by atoms with van der Waals surface area (Å²) in [7, 11) is 0. The Bertz CT molecular complexity index is 305. The van der Waals surface area contributed by atoms with Crippen LogP contribution < -0.4 is 16.4 Å². The van der Waals surface area contributed by atoms with Gasteiger partial charge >= 0.3 is 0 Å². The molecule has 18 heavy (non-hydrogen) atoms. The van der Waals surface area contributed by atoms with Crippen molar-refractivity contribution >= 4 is 17.6 Å². The summed E-state index contributed by atoms with van der Waals surface area (Å²) < 4.78 is 0. The van der Waals surface area contributed by atoms with Gasteiger partial charge in [-0.2, -0.15) is 0 Å². The average Bonchev–Trinajstić information content (AvgIpc) is 2.36. The Labute approximate surface area is 107 Å². The zero-order valence-electron chi connectivity index (χ0n) is 10.9. The van der Waals surface area contributed by atoms with E-state index in [9.17, 15) is 9.59 Å². The molecular weight excluding hydrogens is 236 g/mol. The summed E-state index contributed by atoms with van der Waals surface area (Å²) in [6.07, 6.45) is 1.53. The number of amides is 2. The van der Waals surface area contributed by atoms with E-state index in [0.717, 1.165) is 6.42 Å². The maximum Gasteiger partial charge on any atom is 0.230 e. The Hall–Kier alpha value is -1.79. The fraction of sp³-hybridized carbons (Fsp3) is 0.727. The van der Waals surface area contributed by atoms with Crippen LogP contribution in [0.3, 0.4) is 0 Å². The first kappa shape index (κ1) is 16.2. The predicted molar refractivity (Wildman–Crippen MR) is 68.1 cm³/mol. The number of nitrogens with zero attached hydrogens (tertiary/aromatic N) is 1. The summed E-state index contributed by atoms with van der Waals surface area (Å²) >= 11 is 0. The summed E-state index contributed by atoms with van der Waals surface area (Å²) in [5.41, 5.74) is 5.39. The van der Waals surface area contributed by atoms with Gasteiger partial charge in [-0.05, 0) is 12.8 Å². The topological polar surface area (TPSA) is 117 Å². The van der Waals surface area contributed by atoms with E-state index in [2.05, 4.69) is 15.8 Å². The maximum absolute atomic E-state index is 11.7. The van der Waals surface area contributed by atoms with E-state index in [0.29, 0.717) is 13.0 Å². The molecular formula is C11H22N4O3. The van der Waals surface area contributed by atoms with Crippen molar-refractivity contribution in [2.75, 3.05) is 13.1 Å². The lowest BCUT2D eigenvalue weighted by Gasteiger charge is -2.13. The Balaban J connectivity index is 3.99. The highest BCUT2D eigenvalue weighted by Crippen LogP contribution is 2.02. The van der Waals surface area contributed by atoms with Crippen LogP contribution in [0.2, 0.25) is 0 Å². The normalized spacial score (nSPS) is 12.9. The van der Waals surface area contributed by atoms with Gasteiger partial charge in [0.2, 0.25) is 11.8 Å². The third-order valence-electron chi connectivity index (χ3n) is 2.42. The minimum absolute atomic E-state index is 0.103. The molecule has 0 saturated carbocycles. The van der Waals surface area contributed by atoms with E-state index >= 15 is 0 Å². The highest BCUT2D eigenvalue weighted by atomic mass is 16.4. The molecule has 7 nitrogen and oxygen atoms in total. The molecule has 0 aliphatic carbocycles. The quantitative estimate of drug-likeness (QED) is 0.208. The zero-order valence-corrected chi connectivity index (χ0v) is 10.9. The number of hydrogen-bond acceptors (Lipinski definition) is 4. The largest absolute Gasteiger partial charge is 0.409 e. The molecule has 1 unspecified atom stereocenters. The molecule has 2 amide bonds. The summed E-state index contributed by atoms with van der Waals surface area (Å²) in [6, 6.07) is 0. The SMILES string of the molecule is CCCNC(=O)CCNC(=O)C(CC)C(N)=NO. The van der Waals surface area contributed by atoms with Crippen LogP contribution in [0.15, 0.2) is 5.16 Å². The van der Waals surface area contributed by atoms with Gasteiger partial charge in [-0.25, -0.2) is 0 Å². The molecule has 104 valence electrons. The van der Waals surface area contributed by atoms with Crippen LogP contribution in [-0.4, -0.2) is 35.9 Å². The van der Waals surface area contributed by atoms with Crippen molar-refractivity contribution < 1.29 is 14.8 Å². The molecule has 0 aliphatic heterocycles. The lowest BCUT2D eigenvalue weighted by molar-refractivity contribution is -0.123. The van der Waals surface area contributed by atoms with Gasteiger partial charge in [0.15, 0.2) is 5.84 Å². The molecule has 0 bridgehead atoms. The van der Waals surface area contributed by atoms with Gasteiger partial charge in [0, 0.05) is 19.5 Å². The molecule has 0 saturated heterocycles. The number of hydrogen-bond donors (Lipinski definition) is 4. The highest BCUT2D eigenvalue weighted by molar-refractivity contribution is 6.02. The molecule has 0 aromatic rings. The molecule has 1 atom stereocenters. The summed E-state index contributed by atoms with van der Waals surface area (Å²) in [5.74, 6) is -1.22. The fourth-order valence-electron chi connectivity index (χ4n) is 1.37. The first-order valence-corrected chi connectivity index (χ1v) is 6.08. The van der Waals surface area contributed by atoms with Crippen LogP contribution in [-0.2, 0) is 9.59 Å². The number of carbonyl (C=O) groups is 2. The van der Waals surface area contributed by atoms with Gasteiger partial charge < -0.3 is 21.6 Å². The van der Waals surface area contributed by atoms with Gasteiger partial charge in [0.05, 0.1) is 5.92 Å². The third kappa shape index (κ3) is 6.07. The summed E-state index contributed by atoms with van der Waals surface area (Å²) in [6.45, 7) is 4.60. The zero-order chi connectivity index (χ0) is 14.0. The van der Waals surface area contributed by atoms with Gasteiger partial charge in [0.25, 0.3) is 0 Å². The number of rotatable bonds is 8. The van der Waals surface area contributed by atoms with E-state index in [-0.39, 0.29) is 30.6 Å². The van der Waals surface area contributed by atoms with E-state index in [1.54, 1.807) is 6.92 Å². The highest BCUT2D eigenvalue weighted by Gasteiger charge is 2.20. The molecule has 0 radical (unpaired) electrons. The van der Waals surface area contributed by atoms with Crippen molar-refractivity contribution in [3.8, 4) is 0 Å². The lowest BCUT2D eigenvalue weighted by atomic mass is 10.0. The number of nitrogens with two attached hydrogens (primary N) is 1. The minimum atomic E-state index is -0.659. The second-order valence-corrected chi connectivity index (χ2v) is 3.88. The molecule has 0 aliphatic rings. The Morgan fingerprint density at radius 1 is 1.28 bits per heavy atom. The Kier molecular flexibility index (Phi) is 8.34. The van der Waals surface area contributed by atoms with Crippen LogP contribution in [0.1, 0.15) is 33.1 Å². The van der Waals surface area contributed by atoms with E-state index in [4.69, 9.17) is 10.9 Å². The molecule has 7 heteroatoms. The summed E-state index contributed by atoms with van der Waals surface area (Å²) in [5, 5.41) is 16.6. The van der Waals surface area contributed by atoms with E-state index in [1.807, 2.05) is 6.92 Å². The van der Waals surface area contributed by atoms with Crippen molar-refractivity contribution in [3.63, 3.8) is 0 Å². The smallest absolute Gasteiger partial charge is 0.230 e. The minimum Gasteiger partial charge on any atom is -0.409 e. The van der Waals surface area contributed by atoms with Gasteiger partial charge in [-0.3, -0.25) is 9.59 Å². The van der Waals surface area contributed by atoms with Crippen LogP contribution in [0.5, 0.6) is 0 Å². The van der Waals surface area contributed by atoms with Gasteiger partial charge in [-0.1, -0.05) is 19.0 Å². The lowest BCUT2D eigenvalue weighted by Crippen LogP contribution is -2.40. The van der Waals surface area contributed by atoms with Crippen molar-refractivity contribution in [1.82, 2.24) is 10.6 Å². The Morgan fingerprint density at radius 2 is 1.94 bits per heavy atom. The van der Waals surface area contributed by atoms with Gasteiger partial charge in [0.1, 0.15) is 0 Å². The molecule has 0 spiro atoms. The van der Waals surface area contributed by atoms with Gasteiger partial charge in [-0.15, -0.1) is 0 Å². The number of carbonyl (C=O) groups excluding carboxylic acids is 2. The van der Waals surface area contributed by atoms with Crippen molar-refractivity contribution in [3.05, 3.63) is 0 Å². The molecule has 5 N–H and O–H groups in total. The molecule has 0 aromatic carbocycles. The van der Waals surface area contributed by atoms with Crippen molar-refractivity contribution in [2.24, 2.45) is 16.8 Å². The second-order valence-electron chi connectivity index (χ2n) is 3.88. The second kappa shape index (κ2) is 9.26. The molecule has 0 fully saturated rings. The average molecular weight is 258 g/mol. The van der Waals surface area contributed by atoms with Crippen LogP contribution in [0, 0.1) is 5.92 Å². The van der Waals surface area contributed by atoms with Crippen LogP contribution in [0.25, 0.3) is 0 Å². The maximum atomic E-state index is 11.7. The third-order valence-corrected chi connectivity index (χ3v) is 2.42. The number of amidine groups is 1. The van der Waals surface area contributed by atoms with E-state index < -0.39 is 5.92 Å². The fourth-order valence-corrected chi connectivity index (χ4v) is 1.37. The monoisotopic (exact) mass is 258 g/mol. The van der Waals surface area contributed by atoms with Crippen molar-refractivity contribution in [1.29, 1.82) is 0 Å². The number of nitrogens with one attached hydrogen (secondary N) is 2. The Morgan fingerprint density at radius 3 is 2.44 bits per heavy atom. The number of oxime groups is 1. The standard InChI is InChI=1S/C11H22N4O3/c1-3-6-13-9(16)5-7-14-11(17)8(4-2)10(12)15-18/h8,18H,3-7H2,1-2H3,(H2,12,15)(H,13,16)(H,14,17). The summed E-state index contributed by atoms with van der Waals surface area (Å²) in [4.78, 5) is 22.9. The first-order chi connectivity index (χ1) is 8.56. The van der Waals surface area contributed by atoms with Crippen molar-refractivity contribution in [2.45, 2.75) is 33.1 Å². The predicted octanol–water partition coefficient (Wildman–Crippen LogP) is -0.208. The first-order valence-electron chi connectivity index (χ1n) is 6.08. The van der Waals surface area contributed by atoms with Crippen LogP contribution in [0.4, 0.5) is 0 Å². The molecule has 0 heterocycles.